The third-order valence-electron chi connectivity index (χ3n) is 3.32. The smallest absolute Gasteiger partial charge is 0.416 e. The molecule has 0 saturated heterocycles. The molecule has 0 saturated carbocycles. The number of rotatable bonds is 7. The second-order valence-electron chi connectivity index (χ2n) is 5.34. The lowest BCUT2D eigenvalue weighted by Gasteiger charge is -2.11. The molecular weight excluding hydrogens is 333 g/mol. The van der Waals surface area contributed by atoms with E-state index in [0.29, 0.717) is 12.2 Å². The zero-order valence-corrected chi connectivity index (χ0v) is 13.7. The average molecular weight is 352 g/mol. The topological polar surface area (TPSA) is 50.4 Å². The summed E-state index contributed by atoms with van der Waals surface area (Å²) >= 11 is 0. The van der Waals surface area contributed by atoms with Crippen LogP contribution in [0.25, 0.3) is 0 Å². The van der Waals surface area contributed by atoms with Gasteiger partial charge >= 0.3 is 6.18 Å². The maximum atomic E-state index is 12.6. The SMILES string of the molecule is CCNCc1cccc(NC(=O)COc2cccc(C(F)(F)F)c2)c1. The number of hydrogen-bond acceptors (Lipinski definition) is 3. The molecule has 2 N–H and O–H groups in total. The molecule has 0 aliphatic rings. The van der Waals surface area contributed by atoms with E-state index in [1.165, 1.54) is 12.1 Å². The maximum absolute atomic E-state index is 12.6. The van der Waals surface area contributed by atoms with Gasteiger partial charge in [0.2, 0.25) is 0 Å². The van der Waals surface area contributed by atoms with Crippen molar-refractivity contribution in [3.8, 4) is 5.75 Å². The highest BCUT2D eigenvalue weighted by molar-refractivity contribution is 5.91. The van der Waals surface area contributed by atoms with Crippen molar-refractivity contribution in [3.05, 3.63) is 59.7 Å². The zero-order chi connectivity index (χ0) is 18.3. The predicted octanol–water partition coefficient (Wildman–Crippen LogP) is 3.83. The molecule has 0 atom stereocenters. The van der Waals surface area contributed by atoms with Gasteiger partial charge in [-0.1, -0.05) is 25.1 Å². The lowest BCUT2D eigenvalue weighted by molar-refractivity contribution is -0.137. The molecule has 4 nitrogen and oxygen atoms in total. The number of hydrogen-bond donors (Lipinski definition) is 2. The lowest BCUT2D eigenvalue weighted by Crippen LogP contribution is -2.20. The van der Waals surface area contributed by atoms with Crippen LogP contribution in [0.2, 0.25) is 0 Å². The van der Waals surface area contributed by atoms with Crippen molar-refractivity contribution in [2.24, 2.45) is 0 Å². The number of halogens is 3. The molecule has 0 radical (unpaired) electrons. The number of amides is 1. The van der Waals surface area contributed by atoms with E-state index in [1.807, 2.05) is 25.1 Å². The van der Waals surface area contributed by atoms with Crippen LogP contribution >= 0.6 is 0 Å². The van der Waals surface area contributed by atoms with Crippen LogP contribution < -0.4 is 15.4 Å². The molecule has 0 aliphatic carbocycles. The molecule has 2 aromatic carbocycles. The average Bonchev–Trinajstić information content (AvgIpc) is 2.58. The van der Waals surface area contributed by atoms with Crippen molar-refractivity contribution in [1.29, 1.82) is 0 Å². The molecule has 0 aliphatic heterocycles. The first kappa shape index (κ1) is 18.8. The highest BCUT2D eigenvalue weighted by Gasteiger charge is 2.30. The Kier molecular flexibility index (Phi) is 6.41. The van der Waals surface area contributed by atoms with Crippen molar-refractivity contribution in [3.63, 3.8) is 0 Å². The van der Waals surface area contributed by atoms with Gasteiger partial charge in [-0.15, -0.1) is 0 Å². The van der Waals surface area contributed by atoms with Crippen molar-refractivity contribution in [2.45, 2.75) is 19.6 Å². The fraction of sp³-hybridized carbons (Fsp3) is 0.278. The molecule has 0 bridgehead atoms. The number of anilines is 1. The van der Waals surface area contributed by atoms with Gasteiger partial charge in [0.15, 0.2) is 6.61 Å². The summed E-state index contributed by atoms with van der Waals surface area (Å²) in [5.74, 6) is -0.455. The van der Waals surface area contributed by atoms with E-state index in [2.05, 4.69) is 10.6 Å². The number of carbonyl (C=O) groups excluding carboxylic acids is 1. The highest BCUT2D eigenvalue weighted by atomic mass is 19.4. The van der Waals surface area contributed by atoms with Gasteiger partial charge < -0.3 is 15.4 Å². The van der Waals surface area contributed by atoms with Crippen LogP contribution in [0, 0.1) is 0 Å². The second kappa shape index (κ2) is 8.53. The lowest BCUT2D eigenvalue weighted by atomic mass is 10.2. The van der Waals surface area contributed by atoms with Gasteiger partial charge in [-0.2, -0.15) is 13.2 Å². The minimum Gasteiger partial charge on any atom is -0.484 e. The van der Waals surface area contributed by atoms with Gasteiger partial charge in [0, 0.05) is 12.2 Å². The third-order valence-corrected chi connectivity index (χ3v) is 3.32. The van der Waals surface area contributed by atoms with E-state index in [-0.39, 0.29) is 12.4 Å². The summed E-state index contributed by atoms with van der Waals surface area (Å²) in [6.45, 7) is 3.14. The van der Waals surface area contributed by atoms with Crippen LogP contribution in [-0.4, -0.2) is 19.1 Å². The monoisotopic (exact) mass is 352 g/mol. The van der Waals surface area contributed by atoms with E-state index in [1.54, 1.807) is 6.07 Å². The minimum absolute atomic E-state index is 0.00845. The molecule has 0 aromatic heterocycles. The van der Waals surface area contributed by atoms with Gasteiger partial charge in [-0.05, 0) is 42.4 Å². The van der Waals surface area contributed by atoms with Crippen LogP contribution in [-0.2, 0) is 17.5 Å². The Bertz CT molecular complexity index is 717. The number of carbonyl (C=O) groups is 1. The quantitative estimate of drug-likeness (QED) is 0.796. The largest absolute Gasteiger partial charge is 0.484 e. The Hall–Kier alpha value is -2.54. The Labute approximate surface area is 144 Å². The molecule has 25 heavy (non-hydrogen) atoms. The Morgan fingerprint density at radius 1 is 1.12 bits per heavy atom. The molecule has 2 rings (SSSR count). The summed E-state index contributed by atoms with van der Waals surface area (Å²) in [5.41, 5.74) is 0.799. The molecule has 0 unspecified atom stereocenters. The summed E-state index contributed by atoms with van der Waals surface area (Å²) in [5, 5.41) is 5.84. The Morgan fingerprint density at radius 3 is 2.60 bits per heavy atom. The number of nitrogens with one attached hydrogen (secondary N) is 2. The molecule has 1 amide bonds. The molecule has 7 heteroatoms. The summed E-state index contributed by atoms with van der Waals surface area (Å²) in [7, 11) is 0. The Morgan fingerprint density at radius 2 is 1.88 bits per heavy atom. The molecule has 134 valence electrons. The number of alkyl halides is 3. The van der Waals surface area contributed by atoms with E-state index >= 15 is 0 Å². The van der Waals surface area contributed by atoms with E-state index in [4.69, 9.17) is 4.74 Å². The fourth-order valence-electron chi connectivity index (χ4n) is 2.14. The van der Waals surface area contributed by atoms with Gasteiger partial charge in [-0.25, -0.2) is 0 Å². The van der Waals surface area contributed by atoms with Crippen molar-refractivity contribution < 1.29 is 22.7 Å². The van der Waals surface area contributed by atoms with Crippen LogP contribution in [0.5, 0.6) is 5.75 Å². The summed E-state index contributed by atoms with van der Waals surface area (Å²) in [4.78, 5) is 11.9. The molecular formula is C18H19F3N2O2. The van der Waals surface area contributed by atoms with E-state index in [0.717, 1.165) is 24.2 Å². The molecule has 0 spiro atoms. The van der Waals surface area contributed by atoms with Crippen LogP contribution in [0.3, 0.4) is 0 Å². The standard InChI is InChI=1S/C18H19F3N2O2/c1-2-22-11-13-5-3-7-15(9-13)23-17(24)12-25-16-8-4-6-14(10-16)18(19,20)21/h3-10,22H,2,11-12H2,1H3,(H,23,24). The van der Waals surface area contributed by atoms with Crippen LogP contribution in [0.4, 0.5) is 18.9 Å². The summed E-state index contributed by atoms with van der Waals surface area (Å²) in [6.07, 6.45) is -4.45. The Balaban J connectivity index is 1.91. The van der Waals surface area contributed by atoms with Gasteiger partial charge in [0.05, 0.1) is 5.56 Å². The first-order chi connectivity index (χ1) is 11.9. The van der Waals surface area contributed by atoms with Gasteiger partial charge in [-0.3, -0.25) is 4.79 Å². The summed E-state index contributed by atoms with van der Waals surface area (Å²) < 4.78 is 43.1. The zero-order valence-electron chi connectivity index (χ0n) is 13.7. The molecule has 0 heterocycles. The van der Waals surface area contributed by atoms with Crippen molar-refractivity contribution >= 4 is 11.6 Å². The third kappa shape index (κ3) is 6.11. The van der Waals surface area contributed by atoms with Gasteiger partial charge in [0.1, 0.15) is 5.75 Å². The highest BCUT2D eigenvalue weighted by Crippen LogP contribution is 2.31. The fourth-order valence-corrected chi connectivity index (χ4v) is 2.14. The first-order valence-electron chi connectivity index (χ1n) is 7.78. The minimum atomic E-state index is -4.45. The normalized spacial score (nSPS) is 11.2. The van der Waals surface area contributed by atoms with E-state index < -0.39 is 17.6 Å². The number of ether oxygens (including phenoxy) is 1. The molecule has 2 aromatic rings. The van der Waals surface area contributed by atoms with Crippen molar-refractivity contribution in [2.75, 3.05) is 18.5 Å². The second-order valence-corrected chi connectivity index (χ2v) is 5.34. The predicted molar refractivity (Wildman–Crippen MR) is 89.4 cm³/mol. The summed E-state index contributed by atoms with van der Waals surface area (Å²) in [6, 6.07) is 11.7. The van der Waals surface area contributed by atoms with Crippen LogP contribution in [0.1, 0.15) is 18.1 Å². The van der Waals surface area contributed by atoms with Crippen LogP contribution in [0.15, 0.2) is 48.5 Å². The van der Waals surface area contributed by atoms with Gasteiger partial charge in [0.25, 0.3) is 5.91 Å². The maximum Gasteiger partial charge on any atom is 0.416 e. The molecule has 0 fully saturated rings. The number of benzene rings is 2. The van der Waals surface area contributed by atoms with Crippen molar-refractivity contribution in [1.82, 2.24) is 5.32 Å². The van der Waals surface area contributed by atoms with E-state index in [9.17, 15) is 18.0 Å². The first-order valence-corrected chi connectivity index (χ1v) is 7.78.